The van der Waals surface area contributed by atoms with Crippen molar-refractivity contribution in [3.63, 3.8) is 0 Å². The molecule has 1 aromatic heterocycles. The van der Waals surface area contributed by atoms with Crippen molar-refractivity contribution in [2.45, 2.75) is 19.4 Å². The Kier molecular flexibility index (Phi) is 5.31. The zero-order valence-electron chi connectivity index (χ0n) is 9.97. The van der Waals surface area contributed by atoms with E-state index < -0.39 is 5.97 Å². The minimum Gasteiger partial charge on any atom is -0.476 e. The van der Waals surface area contributed by atoms with Crippen LogP contribution < -0.4 is 10.6 Å². The van der Waals surface area contributed by atoms with Crippen molar-refractivity contribution in [1.82, 2.24) is 15.6 Å². The maximum Gasteiger partial charge on any atom is 0.355 e. The summed E-state index contributed by atoms with van der Waals surface area (Å²) in [4.78, 5) is 26.0. The van der Waals surface area contributed by atoms with Gasteiger partial charge in [0.2, 0.25) is 0 Å². The lowest BCUT2D eigenvalue weighted by Gasteiger charge is -2.11. The van der Waals surface area contributed by atoms with Gasteiger partial charge in [0.15, 0.2) is 5.69 Å². The molecule has 1 heterocycles. The first-order valence-corrected chi connectivity index (χ1v) is 6.26. The lowest BCUT2D eigenvalue weighted by molar-refractivity contribution is 0.0691. The van der Waals surface area contributed by atoms with Crippen molar-refractivity contribution in [3.8, 4) is 0 Å². The minimum absolute atomic E-state index is 0.00397. The Morgan fingerprint density at radius 3 is 2.94 bits per heavy atom. The molecule has 0 aromatic carbocycles. The minimum atomic E-state index is -1.07. The molecule has 7 heteroatoms. The monoisotopic (exact) mass is 269 g/mol. The van der Waals surface area contributed by atoms with E-state index >= 15 is 0 Å². The molecule has 0 bridgehead atoms. The van der Waals surface area contributed by atoms with E-state index in [0.29, 0.717) is 18.0 Å². The summed E-state index contributed by atoms with van der Waals surface area (Å²) in [5.74, 6) is -1.07. The number of urea groups is 1. The fourth-order valence-electron chi connectivity index (χ4n) is 1.18. The van der Waals surface area contributed by atoms with Crippen LogP contribution in [0.25, 0.3) is 0 Å². The summed E-state index contributed by atoms with van der Waals surface area (Å²) in [5.41, 5.74) is -0.00397. The highest BCUT2D eigenvalue weighted by Gasteiger charge is 2.15. The van der Waals surface area contributed by atoms with Gasteiger partial charge in [0, 0.05) is 11.9 Å². The number of carbonyl (C=O) groups excluding carboxylic acids is 1. The Morgan fingerprint density at radius 2 is 2.39 bits per heavy atom. The van der Waals surface area contributed by atoms with Crippen LogP contribution in [0.2, 0.25) is 0 Å². The number of aromatic carboxylic acids is 1. The number of amides is 2. The van der Waals surface area contributed by atoms with E-state index in [4.69, 9.17) is 5.11 Å². The first-order valence-electron chi connectivity index (χ1n) is 5.38. The molecule has 0 spiro atoms. The Morgan fingerprint density at radius 1 is 1.67 bits per heavy atom. The third-order valence-corrected chi connectivity index (χ3v) is 3.12. The van der Waals surface area contributed by atoms with Gasteiger partial charge in [-0.2, -0.15) is 0 Å². The van der Waals surface area contributed by atoms with Gasteiger partial charge in [0.1, 0.15) is 5.01 Å². The molecule has 2 amide bonds. The third kappa shape index (κ3) is 4.17. The molecule has 1 unspecified atom stereocenters. The van der Waals surface area contributed by atoms with Gasteiger partial charge < -0.3 is 15.7 Å². The van der Waals surface area contributed by atoms with E-state index in [1.807, 2.05) is 0 Å². The summed E-state index contributed by atoms with van der Waals surface area (Å²) in [5, 5.41) is 16.1. The zero-order valence-corrected chi connectivity index (χ0v) is 10.8. The summed E-state index contributed by atoms with van der Waals surface area (Å²) in [6, 6.07) is -0.636. The van der Waals surface area contributed by atoms with Gasteiger partial charge in [-0.25, -0.2) is 14.6 Å². The topological polar surface area (TPSA) is 91.3 Å². The van der Waals surface area contributed by atoms with Crippen molar-refractivity contribution in [3.05, 3.63) is 28.7 Å². The van der Waals surface area contributed by atoms with Gasteiger partial charge in [-0.3, -0.25) is 0 Å². The highest BCUT2D eigenvalue weighted by atomic mass is 32.1. The summed E-state index contributed by atoms with van der Waals surface area (Å²) >= 11 is 1.21. The van der Waals surface area contributed by atoms with E-state index in [-0.39, 0.29) is 17.8 Å². The average molecular weight is 269 g/mol. The molecule has 1 rings (SSSR count). The van der Waals surface area contributed by atoms with Crippen LogP contribution in [-0.4, -0.2) is 28.6 Å². The zero-order chi connectivity index (χ0) is 13.5. The van der Waals surface area contributed by atoms with E-state index in [0.717, 1.165) is 0 Å². The van der Waals surface area contributed by atoms with E-state index in [1.54, 1.807) is 13.0 Å². The highest BCUT2D eigenvalue weighted by molar-refractivity contribution is 7.09. The number of carboxylic acid groups (broad SMARTS) is 1. The summed E-state index contributed by atoms with van der Waals surface area (Å²) in [6.07, 6.45) is 2.41. The predicted molar refractivity (Wildman–Crippen MR) is 68.8 cm³/mol. The van der Waals surface area contributed by atoms with Crippen LogP contribution in [0.1, 0.15) is 34.9 Å². The largest absolute Gasteiger partial charge is 0.476 e. The normalized spacial score (nSPS) is 11.6. The van der Waals surface area contributed by atoms with E-state index in [9.17, 15) is 9.59 Å². The van der Waals surface area contributed by atoms with Crippen LogP contribution in [0.5, 0.6) is 0 Å². The van der Waals surface area contributed by atoms with Gasteiger partial charge in [0.25, 0.3) is 0 Å². The van der Waals surface area contributed by atoms with Crippen LogP contribution in [0.15, 0.2) is 18.0 Å². The van der Waals surface area contributed by atoms with Gasteiger partial charge in [-0.1, -0.05) is 6.08 Å². The molecule has 3 N–H and O–H groups in total. The lowest BCUT2D eigenvalue weighted by Crippen LogP contribution is -2.37. The van der Waals surface area contributed by atoms with Crippen LogP contribution in [0.4, 0.5) is 4.79 Å². The standard InChI is InChI=1S/C11H15N3O3S/c1-3-4-5-12-11(17)13-7(2)9-14-8(6-18-9)10(15)16/h3,6-7H,1,4-5H2,2H3,(H,15,16)(H2,12,13,17). The molecular weight excluding hydrogens is 254 g/mol. The number of carboxylic acids is 1. The van der Waals surface area contributed by atoms with Crippen molar-refractivity contribution < 1.29 is 14.7 Å². The summed E-state index contributed by atoms with van der Waals surface area (Å²) in [6.45, 7) is 5.81. The van der Waals surface area contributed by atoms with Gasteiger partial charge in [-0.15, -0.1) is 17.9 Å². The molecule has 0 aliphatic carbocycles. The number of rotatable bonds is 6. The second-order valence-corrected chi connectivity index (χ2v) is 4.47. The number of nitrogens with one attached hydrogen (secondary N) is 2. The molecule has 0 aliphatic heterocycles. The number of nitrogens with zero attached hydrogens (tertiary/aromatic N) is 1. The second kappa shape index (κ2) is 6.75. The first kappa shape index (κ1) is 14.2. The molecule has 6 nitrogen and oxygen atoms in total. The Balaban J connectivity index is 2.48. The van der Waals surface area contributed by atoms with Crippen LogP contribution in [0, 0.1) is 0 Å². The van der Waals surface area contributed by atoms with Crippen LogP contribution in [-0.2, 0) is 0 Å². The van der Waals surface area contributed by atoms with Crippen molar-refractivity contribution in [2.24, 2.45) is 0 Å². The fourth-order valence-corrected chi connectivity index (χ4v) is 1.98. The predicted octanol–water partition coefficient (Wildman–Crippen LogP) is 1.78. The third-order valence-electron chi connectivity index (χ3n) is 2.09. The molecule has 1 atom stereocenters. The van der Waals surface area contributed by atoms with Crippen LogP contribution in [0.3, 0.4) is 0 Å². The van der Waals surface area contributed by atoms with Gasteiger partial charge in [-0.05, 0) is 13.3 Å². The first-order chi connectivity index (χ1) is 8.54. The fraction of sp³-hybridized carbons (Fsp3) is 0.364. The Labute approximate surface area is 109 Å². The maximum absolute atomic E-state index is 11.4. The van der Waals surface area contributed by atoms with E-state index in [2.05, 4.69) is 22.2 Å². The molecule has 0 saturated heterocycles. The summed E-state index contributed by atoms with van der Waals surface area (Å²) < 4.78 is 0. The molecule has 0 fully saturated rings. The Bertz CT molecular complexity index is 444. The van der Waals surface area contributed by atoms with Gasteiger partial charge >= 0.3 is 12.0 Å². The van der Waals surface area contributed by atoms with Crippen molar-refractivity contribution in [2.75, 3.05) is 6.54 Å². The number of carbonyl (C=O) groups is 2. The number of hydrogen-bond donors (Lipinski definition) is 3. The highest BCUT2D eigenvalue weighted by Crippen LogP contribution is 2.17. The molecule has 1 aromatic rings. The van der Waals surface area contributed by atoms with Crippen molar-refractivity contribution >= 4 is 23.3 Å². The van der Waals surface area contributed by atoms with Crippen molar-refractivity contribution in [1.29, 1.82) is 0 Å². The molecule has 0 saturated carbocycles. The average Bonchev–Trinajstić information content (AvgIpc) is 2.78. The molecule has 0 aliphatic rings. The number of thiazole rings is 1. The van der Waals surface area contributed by atoms with E-state index in [1.165, 1.54) is 16.7 Å². The lowest BCUT2D eigenvalue weighted by atomic mass is 10.3. The quantitative estimate of drug-likeness (QED) is 0.542. The van der Waals surface area contributed by atoms with Crippen LogP contribution >= 0.6 is 11.3 Å². The molecular formula is C11H15N3O3S. The SMILES string of the molecule is C=CCCNC(=O)NC(C)c1nc(C(=O)O)cs1. The molecule has 18 heavy (non-hydrogen) atoms. The number of aromatic nitrogens is 1. The maximum atomic E-state index is 11.4. The molecule has 0 radical (unpaired) electrons. The Hall–Kier alpha value is -1.89. The smallest absolute Gasteiger partial charge is 0.355 e. The van der Waals surface area contributed by atoms with Gasteiger partial charge in [0.05, 0.1) is 6.04 Å². The number of hydrogen-bond acceptors (Lipinski definition) is 4. The summed E-state index contributed by atoms with van der Waals surface area (Å²) in [7, 11) is 0. The molecule has 98 valence electrons. The second-order valence-electron chi connectivity index (χ2n) is 3.58.